The first-order chi connectivity index (χ1) is 8.85. The van der Waals surface area contributed by atoms with Crippen molar-refractivity contribution in [3.63, 3.8) is 0 Å². The molecule has 0 heterocycles. The van der Waals surface area contributed by atoms with Crippen LogP contribution in [0.2, 0.25) is 0 Å². The van der Waals surface area contributed by atoms with Crippen molar-refractivity contribution in [3.8, 4) is 0 Å². The van der Waals surface area contributed by atoms with E-state index in [0.717, 1.165) is 5.56 Å². The summed E-state index contributed by atoms with van der Waals surface area (Å²) in [6.07, 6.45) is -0.111. The first-order valence-corrected chi connectivity index (χ1v) is 7.43. The minimum absolute atomic E-state index is 0.0476. The molecule has 19 heavy (non-hydrogen) atoms. The van der Waals surface area contributed by atoms with Gasteiger partial charge in [-0.25, -0.2) is 4.18 Å². The Balaban J connectivity index is 2.87. The molecule has 0 saturated carbocycles. The lowest BCUT2D eigenvalue weighted by Gasteiger charge is -2.16. The van der Waals surface area contributed by atoms with Crippen molar-refractivity contribution in [2.45, 2.75) is 44.8 Å². The maximum atomic E-state index is 12.0. The van der Waals surface area contributed by atoms with E-state index in [9.17, 15) is 13.2 Å². The summed E-state index contributed by atoms with van der Waals surface area (Å²) in [6.45, 7) is 4.92. The number of rotatable bonds is 6. The number of hydrogen-bond acceptors (Lipinski definition) is 5. The number of carbonyl (C=O) groups excluding carboxylic acids is 1. The summed E-state index contributed by atoms with van der Waals surface area (Å²) in [5, 5.41) is 0. The van der Waals surface area contributed by atoms with Crippen molar-refractivity contribution in [2.75, 3.05) is 0 Å². The fraction of sp³-hybridized carbons (Fsp3) is 0.462. The van der Waals surface area contributed by atoms with Crippen LogP contribution in [0.25, 0.3) is 0 Å². The number of benzene rings is 1. The smallest absolute Gasteiger partial charge is 0.304 e. The topological polar surface area (TPSA) is 69.7 Å². The molecular formula is C13H18O5S. The van der Waals surface area contributed by atoms with E-state index in [-0.39, 0.29) is 4.90 Å². The number of aryl methyl sites for hydroxylation is 1. The molecule has 0 aliphatic carbocycles. The fourth-order valence-corrected chi connectivity index (χ4v) is 2.45. The van der Waals surface area contributed by atoms with Crippen molar-refractivity contribution in [2.24, 2.45) is 0 Å². The van der Waals surface area contributed by atoms with E-state index in [4.69, 9.17) is 8.92 Å². The third-order valence-electron chi connectivity index (χ3n) is 2.37. The zero-order valence-corrected chi connectivity index (χ0v) is 12.1. The highest BCUT2D eigenvalue weighted by Crippen LogP contribution is 2.17. The molecule has 0 fully saturated rings. The summed E-state index contributed by atoms with van der Waals surface area (Å²) in [7, 11) is -3.92. The monoisotopic (exact) mass is 286 g/mol. The highest BCUT2D eigenvalue weighted by Gasteiger charge is 2.23. The van der Waals surface area contributed by atoms with Gasteiger partial charge in [0.05, 0.1) is 4.90 Å². The van der Waals surface area contributed by atoms with Gasteiger partial charge in [0, 0.05) is 13.3 Å². The molecular weight excluding hydrogens is 268 g/mol. The average Bonchev–Trinajstić information content (AvgIpc) is 2.28. The minimum atomic E-state index is -3.92. The molecule has 1 aromatic rings. The van der Waals surface area contributed by atoms with E-state index >= 15 is 0 Å². The molecule has 0 amide bonds. The Hall–Kier alpha value is -1.40. The van der Waals surface area contributed by atoms with Gasteiger partial charge in [-0.2, -0.15) is 8.42 Å². The minimum Gasteiger partial charge on any atom is -0.435 e. The van der Waals surface area contributed by atoms with Crippen LogP contribution in [0.15, 0.2) is 29.2 Å². The molecule has 1 rings (SSSR count). The Labute approximate surface area is 113 Å². The first-order valence-electron chi connectivity index (χ1n) is 6.02. The Morgan fingerprint density at radius 1 is 1.26 bits per heavy atom. The average molecular weight is 286 g/mol. The molecule has 106 valence electrons. The third-order valence-corrected chi connectivity index (χ3v) is 3.68. The molecule has 6 heteroatoms. The predicted octanol–water partition coefficient (Wildman–Crippen LogP) is 2.39. The quantitative estimate of drug-likeness (QED) is 0.456. The van der Waals surface area contributed by atoms with Crippen LogP contribution in [-0.2, 0) is 23.8 Å². The SMILES string of the molecule is CCCC(OC(C)=O)OS(=O)(=O)c1ccc(C)cc1. The molecule has 0 saturated heterocycles. The highest BCUT2D eigenvalue weighted by molar-refractivity contribution is 7.86. The van der Waals surface area contributed by atoms with E-state index in [1.54, 1.807) is 12.1 Å². The molecule has 5 nitrogen and oxygen atoms in total. The second kappa shape index (κ2) is 6.68. The Kier molecular flexibility index (Phi) is 5.50. The standard InChI is InChI=1S/C13H18O5S/c1-4-5-13(17-11(3)14)18-19(15,16)12-8-6-10(2)7-9-12/h6-9,13H,4-5H2,1-3H3. The maximum absolute atomic E-state index is 12.0. The maximum Gasteiger partial charge on any atom is 0.304 e. The lowest BCUT2D eigenvalue weighted by Crippen LogP contribution is -2.23. The van der Waals surface area contributed by atoms with Crippen LogP contribution < -0.4 is 0 Å². The van der Waals surface area contributed by atoms with Gasteiger partial charge in [-0.15, -0.1) is 0 Å². The van der Waals surface area contributed by atoms with Gasteiger partial charge in [-0.3, -0.25) is 4.79 Å². The Bertz CT molecular complexity index is 518. The normalized spacial score (nSPS) is 13.0. The van der Waals surface area contributed by atoms with Crippen LogP contribution in [-0.4, -0.2) is 20.7 Å². The van der Waals surface area contributed by atoms with Crippen LogP contribution in [0.3, 0.4) is 0 Å². The Morgan fingerprint density at radius 2 is 1.84 bits per heavy atom. The van der Waals surface area contributed by atoms with Crippen molar-refractivity contribution >= 4 is 16.1 Å². The summed E-state index contributed by atoms with van der Waals surface area (Å²) >= 11 is 0. The van der Waals surface area contributed by atoms with Gasteiger partial charge >= 0.3 is 5.97 Å². The highest BCUT2D eigenvalue weighted by atomic mass is 32.2. The summed E-state index contributed by atoms with van der Waals surface area (Å²) in [5.74, 6) is -0.572. The van der Waals surface area contributed by atoms with Crippen LogP contribution in [0.4, 0.5) is 0 Å². The predicted molar refractivity (Wildman–Crippen MR) is 69.9 cm³/mol. The number of ether oxygens (including phenoxy) is 1. The number of hydrogen-bond donors (Lipinski definition) is 0. The summed E-state index contributed by atoms with van der Waals surface area (Å²) < 4.78 is 33.8. The molecule has 0 radical (unpaired) electrons. The number of carbonyl (C=O) groups is 1. The van der Waals surface area contributed by atoms with Gasteiger partial charge in [0.15, 0.2) is 0 Å². The fourth-order valence-electron chi connectivity index (χ4n) is 1.45. The van der Waals surface area contributed by atoms with Crippen LogP contribution >= 0.6 is 0 Å². The van der Waals surface area contributed by atoms with Crippen LogP contribution in [0.1, 0.15) is 32.3 Å². The molecule has 0 aromatic heterocycles. The van der Waals surface area contributed by atoms with E-state index < -0.39 is 22.4 Å². The zero-order chi connectivity index (χ0) is 14.5. The first kappa shape index (κ1) is 15.7. The largest absolute Gasteiger partial charge is 0.435 e. The summed E-state index contributed by atoms with van der Waals surface area (Å²) in [4.78, 5) is 10.9. The molecule has 1 aromatic carbocycles. The van der Waals surface area contributed by atoms with Gasteiger partial charge in [-0.05, 0) is 19.1 Å². The molecule has 0 aliphatic rings. The lowest BCUT2D eigenvalue weighted by atomic mass is 10.2. The third kappa shape index (κ3) is 5.00. The molecule has 1 atom stereocenters. The van der Waals surface area contributed by atoms with Gasteiger partial charge in [-0.1, -0.05) is 31.0 Å². The van der Waals surface area contributed by atoms with Crippen LogP contribution in [0, 0.1) is 6.92 Å². The molecule has 0 bridgehead atoms. The molecule has 0 spiro atoms. The van der Waals surface area contributed by atoms with Crippen molar-refractivity contribution in [3.05, 3.63) is 29.8 Å². The molecule has 0 aliphatic heterocycles. The lowest BCUT2D eigenvalue weighted by molar-refractivity contribution is -0.161. The van der Waals surface area contributed by atoms with Crippen molar-refractivity contribution < 1.29 is 22.1 Å². The number of esters is 1. The summed E-state index contributed by atoms with van der Waals surface area (Å²) in [6, 6.07) is 6.27. The van der Waals surface area contributed by atoms with Gasteiger partial charge in [0.1, 0.15) is 0 Å². The van der Waals surface area contributed by atoms with Gasteiger partial charge < -0.3 is 4.74 Å². The second-order valence-corrected chi connectivity index (χ2v) is 5.76. The van der Waals surface area contributed by atoms with Crippen molar-refractivity contribution in [1.29, 1.82) is 0 Å². The summed E-state index contributed by atoms with van der Waals surface area (Å²) in [5.41, 5.74) is 0.948. The zero-order valence-electron chi connectivity index (χ0n) is 11.3. The van der Waals surface area contributed by atoms with E-state index in [1.807, 2.05) is 13.8 Å². The van der Waals surface area contributed by atoms with Gasteiger partial charge in [0.2, 0.25) is 6.29 Å². The van der Waals surface area contributed by atoms with Crippen LogP contribution in [0.5, 0.6) is 0 Å². The van der Waals surface area contributed by atoms with Crippen molar-refractivity contribution in [1.82, 2.24) is 0 Å². The molecule has 1 unspecified atom stereocenters. The second-order valence-electron chi connectivity index (χ2n) is 4.19. The Morgan fingerprint density at radius 3 is 2.32 bits per heavy atom. The molecule has 0 N–H and O–H groups in total. The van der Waals surface area contributed by atoms with E-state index in [1.165, 1.54) is 19.1 Å². The van der Waals surface area contributed by atoms with E-state index in [0.29, 0.717) is 12.8 Å². The van der Waals surface area contributed by atoms with Gasteiger partial charge in [0.25, 0.3) is 10.1 Å². The van der Waals surface area contributed by atoms with E-state index in [2.05, 4.69) is 0 Å².